The average molecular weight is 508 g/mol. The molecule has 0 aliphatic heterocycles. The van der Waals surface area contributed by atoms with Gasteiger partial charge in [0.2, 0.25) is 0 Å². The van der Waals surface area contributed by atoms with E-state index < -0.39 is 11.0 Å². The van der Waals surface area contributed by atoms with E-state index in [4.69, 9.17) is 5.26 Å². The van der Waals surface area contributed by atoms with Crippen LogP contribution in [0, 0.1) is 27.4 Å². The van der Waals surface area contributed by atoms with E-state index in [0.29, 0.717) is 24.0 Å². The Hall–Kier alpha value is -4.80. The van der Waals surface area contributed by atoms with E-state index in [-0.39, 0.29) is 29.7 Å². The molecule has 2 atom stereocenters. The minimum atomic E-state index is -0.446. The van der Waals surface area contributed by atoms with Gasteiger partial charge in [0.15, 0.2) is 0 Å². The Morgan fingerprint density at radius 3 is 2.39 bits per heavy atom. The van der Waals surface area contributed by atoms with Crippen molar-refractivity contribution in [3.63, 3.8) is 0 Å². The fraction of sp³-hybridized carbons (Fsp3) is 0.161. The van der Waals surface area contributed by atoms with Crippen LogP contribution >= 0.6 is 0 Å². The molecule has 192 valence electrons. The molecule has 2 N–H and O–H groups in total. The van der Waals surface area contributed by atoms with Gasteiger partial charge in [-0.15, -0.1) is 0 Å². The first-order valence-corrected chi connectivity index (χ1v) is 12.1. The van der Waals surface area contributed by atoms with Crippen molar-refractivity contribution in [2.45, 2.75) is 18.9 Å². The standard InChI is InChI=1S/C31H29N3O4/c1-3-23(16-22(2)20-32)17-28(21-35)30(18-24-8-5-4-6-9-24)33-31(36)26-14-12-25(13-15-26)27-10-7-11-29(19-27)34(37)38/h3-16,19,28,30,35H,1-2,17-18,21H2,(H,33,36)/b23-16+. The predicted octanol–water partition coefficient (Wildman–Crippen LogP) is 5.79. The summed E-state index contributed by atoms with van der Waals surface area (Å²) in [7, 11) is 0. The number of hydrogen-bond acceptors (Lipinski definition) is 5. The number of non-ortho nitro benzene ring substituents is 1. The van der Waals surface area contributed by atoms with E-state index in [9.17, 15) is 20.0 Å². The number of nitriles is 1. The Kier molecular flexibility index (Phi) is 9.86. The lowest BCUT2D eigenvalue weighted by atomic mass is 9.87. The number of allylic oxidation sites excluding steroid dienone is 4. The quantitative estimate of drug-likeness (QED) is 0.139. The molecule has 2 unspecified atom stereocenters. The van der Waals surface area contributed by atoms with Crippen molar-refractivity contribution in [3.05, 3.63) is 137 Å². The van der Waals surface area contributed by atoms with Gasteiger partial charge in [0.05, 0.1) is 11.0 Å². The molecule has 0 radical (unpaired) electrons. The molecule has 38 heavy (non-hydrogen) atoms. The van der Waals surface area contributed by atoms with Crippen LogP contribution in [0.5, 0.6) is 0 Å². The molecule has 7 heteroatoms. The van der Waals surface area contributed by atoms with Crippen molar-refractivity contribution in [1.29, 1.82) is 5.26 Å². The molecule has 3 rings (SSSR count). The highest BCUT2D eigenvalue weighted by Gasteiger charge is 2.24. The summed E-state index contributed by atoms with van der Waals surface area (Å²) in [6.07, 6.45) is 4.14. The summed E-state index contributed by atoms with van der Waals surface area (Å²) in [5.41, 5.74) is 3.87. The number of carbonyl (C=O) groups excluding carboxylic acids is 1. The van der Waals surface area contributed by atoms with Crippen LogP contribution in [-0.2, 0) is 6.42 Å². The Bertz CT molecular complexity index is 1370. The van der Waals surface area contributed by atoms with Crippen LogP contribution in [0.4, 0.5) is 5.69 Å². The molecule has 0 saturated carbocycles. The van der Waals surface area contributed by atoms with Crippen LogP contribution in [0.25, 0.3) is 11.1 Å². The molecular weight excluding hydrogens is 478 g/mol. The van der Waals surface area contributed by atoms with Gasteiger partial charge in [0, 0.05) is 41.8 Å². The number of carbonyl (C=O) groups is 1. The first-order chi connectivity index (χ1) is 18.3. The third-order valence-corrected chi connectivity index (χ3v) is 6.22. The lowest BCUT2D eigenvalue weighted by Crippen LogP contribution is -2.43. The molecule has 0 bridgehead atoms. The van der Waals surface area contributed by atoms with Crippen molar-refractivity contribution in [3.8, 4) is 17.2 Å². The van der Waals surface area contributed by atoms with Crippen LogP contribution in [0.15, 0.2) is 115 Å². The number of nitrogens with one attached hydrogen (secondary N) is 1. The molecule has 1 amide bonds. The number of nitro benzene ring substituents is 1. The van der Waals surface area contributed by atoms with Crippen molar-refractivity contribution in [2.75, 3.05) is 6.61 Å². The second-order valence-electron chi connectivity index (χ2n) is 8.86. The van der Waals surface area contributed by atoms with E-state index in [2.05, 4.69) is 18.5 Å². The Morgan fingerprint density at radius 2 is 1.79 bits per heavy atom. The van der Waals surface area contributed by atoms with E-state index >= 15 is 0 Å². The molecule has 0 aliphatic rings. The third kappa shape index (κ3) is 7.60. The first-order valence-electron chi connectivity index (χ1n) is 12.1. The predicted molar refractivity (Wildman–Crippen MR) is 148 cm³/mol. The largest absolute Gasteiger partial charge is 0.396 e. The highest BCUT2D eigenvalue weighted by atomic mass is 16.6. The second-order valence-corrected chi connectivity index (χ2v) is 8.86. The van der Waals surface area contributed by atoms with Crippen LogP contribution in [0.1, 0.15) is 22.3 Å². The fourth-order valence-electron chi connectivity index (χ4n) is 4.16. The molecule has 3 aromatic rings. The van der Waals surface area contributed by atoms with E-state index in [1.807, 2.05) is 36.4 Å². The summed E-state index contributed by atoms with van der Waals surface area (Å²) >= 11 is 0. The lowest BCUT2D eigenvalue weighted by Gasteiger charge is -2.27. The summed E-state index contributed by atoms with van der Waals surface area (Å²) in [5.74, 6) is -0.653. The molecule has 0 saturated heterocycles. The number of hydrogen-bond donors (Lipinski definition) is 2. The molecule has 3 aromatic carbocycles. The van der Waals surface area contributed by atoms with Gasteiger partial charge in [-0.3, -0.25) is 14.9 Å². The molecule has 0 fully saturated rings. The van der Waals surface area contributed by atoms with Crippen LogP contribution < -0.4 is 5.32 Å². The Labute approximate surface area is 222 Å². The summed E-state index contributed by atoms with van der Waals surface area (Å²) in [6.45, 7) is 7.31. The van der Waals surface area contributed by atoms with Gasteiger partial charge < -0.3 is 10.4 Å². The summed E-state index contributed by atoms with van der Waals surface area (Å²) < 4.78 is 0. The van der Waals surface area contributed by atoms with Gasteiger partial charge in [-0.2, -0.15) is 5.26 Å². The van der Waals surface area contributed by atoms with Crippen molar-refractivity contribution >= 4 is 11.6 Å². The van der Waals surface area contributed by atoms with E-state index in [1.54, 1.807) is 48.6 Å². The first kappa shape index (κ1) is 27.8. The fourth-order valence-corrected chi connectivity index (χ4v) is 4.16. The Balaban J connectivity index is 1.84. The zero-order chi connectivity index (χ0) is 27.5. The van der Waals surface area contributed by atoms with Crippen LogP contribution in [-0.4, -0.2) is 28.6 Å². The maximum atomic E-state index is 13.3. The van der Waals surface area contributed by atoms with Crippen LogP contribution in [0.3, 0.4) is 0 Å². The van der Waals surface area contributed by atoms with Crippen molar-refractivity contribution in [1.82, 2.24) is 5.32 Å². The van der Waals surface area contributed by atoms with E-state index in [1.165, 1.54) is 12.1 Å². The van der Waals surface area contributed by atoms with Crippen molar-refractivity contribution < 1.29 is 14.8 Å². The average Bonchev–Trinajstić information content (AvgIpc) is 2.95. The van der Waals surface area contributed by atoms with Gasteiger partial charge in [-0.05, 0) is 53.3 Å². The van der Waals surface area contributed by atoms with Gasteiger partial charge in [0.25, 0.3) is 11.6 Å². The van der Waals surface area contributed by atoms with Crippen molar-refractivity contribution in [2.24, 2.45) is 5.92 Å². The van der Waals surface area contributed by atoms with Gasteiger partial charge in [-0.1, -0.05) is 73.8 Å². The smallest absolute Gasteiger partial charge is 0.270 e. The normalized spacial score (nSPS) is 12.6. The zero-order valence-corrected chi connectivity index (χ0v) is 20.9. The number of rotatable bonds is 12. The molecule has 7 nitrogen and oxygen atoms in total. The summed E-state index contributed by atoms with van der Waals surface area (Å²) in [4.78, 5) is 23.9. The van der Waals surface area contributed by atoms with Gasteiger partial charge in [-0.25, -0.2) is 0 Å². The maximum absolute atomic E-state index is 13.3. The molecule has 0 aromatic heterocycles. The second kappa shape index (κ2) is 13.5. The van der Waals surface area contributed by atoms with E-state index in [0.717, 1.165) is 16.7 Å². The number of nitrogens with zero attached hydrogens (tertiary/aromatic N) is 2. The number of aliphatic hydroxyl groups is 1. The van der Waals surface area contributed by atoms with Gasteiger partial charge in [0.1, 0.15) is 0 Å². The molecular formula is C31H29N3O4. The maximum Gasteiger partial charge on any atom is 0.270 e. The summed E-state index contributed by atoms with van der Waals surface area (Å²) in [6, 6.07) is 24.4. The Morgan fingerprint density at radius 1 is 1.08 bits per heavy atom. The lowest BCUT2D eigenvalue weighted by molar-refractivity contribution is -0.384. The SMILES string of the molecule is C=C/C(=C\C(=C)C#N)CC(CO)C(Cc1ccccc1)NC(=O)c1ccc(-c2cccc([N+](=O)[O-])c2)cc1. The number of amides is 1. The number of benzene rings is 3. The van der Waals surface area contributed by atoms with Gasteiger partial charge >= 0.3 is 0 Å². The topological polar surface area (TPSA) is 116 Å². The molecule has 0 heterocycles. The summed E-state index contributed by atoms with van der Waals surface area (Å²) in [5, 5.41) is 33.5. The van der Waals surface area contributed by atoms with Crippen LogP contribution in [0.2, 0.25) is 0 Å². The number of aliphatic hydroxyl groups excluding tert-OH is 1. The zero-order valence-electron chi connectivity index (χ0n) is 20.9. The minimum Gasteiger partial charge on any atom is -0.396 e. The number of nitro groups is 1. The molecule has 0 spiro atoms. The third-order valence-electron chi connectivity index (χ3n) is 6.22. The highest BCUT2D eigenvalue weighted by Crippen LogP contribution is 2.25. The molecule has 0 aliphatic carbocycles. The highest BCUT2D eigenvalue weighted by molar-refractivity contribution is 5.95. The minimum absolute atomic E-state index is 0.00518. The monoisotopic (exact) mass is 507 g/mol.